The molecule has 0 aliphatic heterocycles. The second-order valence-electron chi connectivity index (χ2n) is 5.15. The predicted octanol–water partition coefficient (Wildman–Crippen LogP) is 4.08. The van der Waals surface area contributed by atoms with Gasteiger partial charge in [-0.15, -0.1) is 0 Å². The van der Waals surface area contributed by atoms with Crippen LogP contribution in [0.4, 0.5) is 8.78 Å². The topological polar surface area (TPSA) is 21.3 Å². The summed E-state index contributed by atoms with van der Waals surface area (Å²) in [5.41, 5.74) is 0.911. The van der Waals surface area contributed by atoms with Gasteiger partial charge >= 0.3 is 0 Å². The van der Waals surface area contributed by atoms with Crippen molar-refractivity contribution in [3.63, 3.8) is 0 Å². The highest BCUT2D eigenvalue weighted by molar-refractivity contribution is 5.27. The molecule has 2 aromatic carbocycles. The number of hydrogen-bond donors (Lipinski definition) is 1. The molecule has 0 spiro atoms. The molecule has 0 radical (unpaired) electrons. The van der Waals surface area contributed by atoms with Crippen molar-refractivity contribution < 1.29 is 13.5 Å². The van der Waals surface area contributed by atoms with E-state index < -0.39 is 11.6 Å². The van der Waals surface area contributed by atoms with E-state index in [-0.39, 0.29) is 17.9 Å². The van der Waals surface area contributed by atoms with Crippen LogP contribution in [0.15, 0.2) is 48.5 Å². The highest BCUT2D eigenvalue weighted by Gasteiger charge is 2.16. The zero-order valence-electron chi connectivity index (χ0n) is 12.1. The van der Waals surface area contributed by atoms with Gasteiger partial charge in [0.2, 0.25) is 0 Å². The van der Waals surface area contributed by atoms with Crippen LogP contribution in [0.25, 0.3) is 0 Å². The van der Waals surface area contributed by atoms with Crippen LogP contribution in [-0.2, 0) is 0 Å². The number of nitrogens with one attached hydrogen (secondary N) is 1. The maximum absolute atomic E-state index is 13.7. The molecule has 1 N–H and O–H groups in total. The van der Waals surface area contributed by atoms with Gasteiger partial charge in [-0.05, 0) is 17.7 Å². The number of halogens is 2. The van der Waals surface area contributed by atoms with Gasteiger partial charge in [0.1, 0.15) is 11.9 Å². The largest absolute Gasteiger partial charge is 0.481 e. The van der Waals surface area contributed by atoms with Crippen LogP contribution in [0.1, 0.15) is 25.5 Å². The van der Waals surface area contributed by atoms with E-state index in [2.05, 4.69) is 5.32 Å². The molecule has 0 fully saturated rings. The van der Waals surface area contributed by atoms with Crippen molar-refractivity contribution in [3.05, 3.63) is 65.7 Å². The van der Waals surface area contributed by atoms with E-state index in [0.717, 1.165) is 23.8 Å². The van der Waals surface area contributed by atoms with Crippen molar-refractivity contribution in [1.82, 2.24) is 5.32 Å². The lowest BCUT2D eigenvalue weighted by Crippen LogP contribution is -2.30. The second kappa shape index (κ2) is 7.18. The molecule has 2 nitrogen and oxygen atoms in total. The van der Waals surface area contributed by atoms with Gasteiger partial charge in [-0.25, -0.2) is 8.78 Å². The molecule has 0 aliphatic rings. The normalized spacial score (nSPS) is 12.4. The lowest BCUT2D eigenvalue weighted by molar-refractivity contribution is 0.189. The summed E-state index contributed by atoms with van der Waals surface area (Å²) in [7, 11) is 0. The smallest absolute Gasteiger partial charge is 0.165 e. The zero-order chi connectivity index (χ0) is 15.2. The molecule has 0 heterocycles. The van der Waals surface area contributed by atoms with Gasteiger partial charge in [-0.1, -0.05) is 44.2 Å². The minimum Gasteiger partial charge on any atom is -0.481 e. The summed E-state index contributed by atoms with van der Waals surface area (Å²) >= 11 is 0. The van der Waals surface area contributed by atoms with Crippen LogP contribution in [0.5, 0.6) is 5.75 Å². The molecule has 0 saturated heterocycles. The quantitative estimate of drug-likeness (QED) is 0.865. The Morgan fingerprint density at radius 2 is 1.76 bits per heavy atom. The first-order valence-electron chi connectivity index (χ1n) is 6.96. The Morgan fingerprint density at radius 1 is 1.05 bits per heavy atom. The Hall–Kier alpha value is -1.94. The first-order valence-corrected chi connectivity index (χ1v) is 6.96. The fourth-order valence-electron chi connectivity index (χ4n) is 1.96. The van der Waals surface area contributed by atoms with E-state index in [1.165, 1.54) is 0 Å². The summed E-state index contributed by atoms with van der Waals surface area (Å²) in [6.45, 7) is 4.55. The molecule has 0 saturated carbocycles. The lowest BCUT2D eigenvalue weighted by atomic mass is 10.1. The first-order chi connectivity index (χ1) is 10.1. The predicted molar refractivity (Wildman–Crippen MR) is 79.3 cm³/mol. The molecule has 21 heavy (non-hydrogen) atoms. The van der Waals surface area contributed by atoms with Gasteiger partial charge in [0.25, 0.3) is 0 Å². The maximum atomic E-state index is 13.7. The lowest BCUT2D eigenvalue weighted by Gasteiger charge is -2.21. The van der Waals surface area contributed by atoms with Gasteiger partial charge in [0.15, 0.2) is 11.6 Å². The minimum absolute atomic E-state index is 0.0746. The fraction of sp³-hybridized carbons (Fsp3) is 0.294. The van der Waals surface area contributed by atoms with Crippen molar-refractivity contribution in [3.8, 4) is 5.75 Å². The third kappa shape index (κ3) is 4.53. The zero-order valence-corrected chi connectivity index (χ0v) is 12.1. The molecule has 112 valence electrons. The summed E-state index contributed by atoms with van der Waals surface area (Å²) in [4.78, 5) is 0. The van der Waals surface area contributed by atoms with E-state index >= 15 is 0 Å². The maximum Gasteiger partial charge on any atom is 0.165 e. The van der Waals surface area contributed by atoms with E-state index in [1.807, 2.05) is 44.2 Å². The fourth-order valence-corrected chi connectivity index (χ4v) is 1.96. The molecule has 2 aromatic rings. The van der Waals surface area contributed by atoms with E-state index in [0.29, 0.717) is 6.54 Å². The average molecular weight is 291 g/mol. The molecule has 0 amide bonds. The summed E-state index contributed by atoms with van der Waals surface area (Å²) in [5.74, 6) is -1.16. The van der Waals surface area contributed by atoms with E-state index in [1.54, 1.807) is 0 Å². The standard InChI is InChI=1S/C17H19F2NO/c1-12(2)20-11-17(13-6-4-3-5-7-13)21-16-10-14(18)8-9-15(16)19/h3-10,12,17,20H,11H2,1-2H3. The van der Waals surface area contributed by atoms with Crippen molar-refractivity contribution in [2.24, 2.45) is 0 Å². The second-order valence-corrected chi connectivity index (χ2v) is 5.15. The minimum atomic E-state index is -0.568. The van der Waals surface area contributed by atoms with E-state index in [4.69, 9.17) is 4.74 Å². The number of rotatable bonds is 6. The Morgan fingerprint density at radius 3 is 2.43 bits per heavy atom. The van der Waals surface area contributed by atoms with Gasteiger partial charge in [0.05, 0.1) is 0 Å². The van der Waals surface area contributed by atoms with Crippen LogP contribution >= 0.6 is 0 Å². The van der Waals surface area contributed by atoms with E-state index in [9.17, 15) is 8.78 Å². The third-order valence-corrected chi connectivity index (χ3v) is 3.05. The molecule has 4 heteroatoms. The van der Waals surface area contributed by atoms with Gasteiger partial charge < -0.3 is 10.1 Å². The first kappa shape index (κ1) is 15.4. The van der Waals surface area contributed by atoms with Crippen LogP contribution in [0, 0.1) is 11.6 Å². The molecule has 1 atom stereocenters. The van der Waals surface area contributed by atoms with Crippen molar-refractivity contribution >= 4 is 0 Å². The average Bonchev–Trinajstić information content (AvgIpc) is 2.47. The number of benzene rings is 2. The Balaban J connectivity index is 2.21. The molecule has 2 rings (SSSR count). The SMILES string of the molecule is CC(C)NCC(Oc1cc(F)ccc1F)c1ccccc1. The van der Waals surface area contributed by atoms with Crippen LogP contribution < -0.4 is 10.1 Å². The monoisotopic (exact) mass is 291 g/mol. The number of hydrogen-bond acceptors (Lipinski definition) is 2. The van der Waals surface area contributed by atoms with Gasteiger partial charge in [0, 0.05) is 18.7 Å². The Labute approximate surface area is 123 Å². The van der Waals surface area contributed by atoms with Crippen molar-refractivity contribution in [2.45, 2.75) is 26.0 Å². The summed E-state index contributed by atoms with van der Waals surface area (Å²) < 4.78 is 32.7. The van der Waals surface area contributed by atoms with Gasteiger partial charge in [-0.3, -0.25) is 0 Å². The summed E-state index contributed by atoms with van der Waals surface area (Å²) in [6, 6.07) is 13.0. The van der Waals surface area contributed by atoms with Crippen molar-refractivity contribution in [1.29, 1.82) is 0 Å². The highest BCUT2D eigenvalue weighted by atomic mass is 19.1. The number of ether oxygens (including phenoxy) is 1. The molecular weight excluding hydrogens is 272 g/mol. The molecule has 1 unspecified atom stereocenters. The molecular formula is C17H19F2NO. The summed E-state index contributed by atoms with van der Waals surface area (Å²) in [6.07, 6.45) is -0.384. The third-order valence-electron chi connectivity index (χ3n) is 3.05. The van der Waals surface area contributed by atoms with Crippen molar-refractivity contribution in [2.75, 3.05) is 6.54 Å². The van der Waals surface area contributed by atoms with Crippen LogP contribution in [0.2, 0.25) is 0 Å². The van der Waals surface area contributed by atoms with Crippen LogP contribution in [0.3, 0.4) is 0 Å². The molecule has 0 bridgehead atoms. The van der Waals surface area contributed by atoms with Gasteiger partial charge in [-0.2, -0.15) is 0 Å². The van der Waals surface area contributed by atoms with Crippen LogP contribution in [-0.4, -0.2) is 12.6 Å². The summed E-state index contributed by atoms with van der Waals surface area (Å²) in [5, 5.41) is 3.26. The Kier molecular flexibility index (Phi) is 5.28. The molecule has 0 aromatic heterocycles. The molecule has 0 aliphatic carbocycles. The highest BCUT2D eigenvalue weighted by Crippen LogP contribution is 2.25. The Bertz CT molecular complexity index is 572.